The van der Waals surface area contributed by atoms with E-state index in [0.29, 0.717) is 33.0 Å². The van der Waals surface area contributed by atoms with Crippen molar-refractivity contribution >= 4 is 0 Å². The molecule has 0 aromatic rings. The SMILES string of the molecule is CCNC(C)(CO)CCOCCOCCOC. The topological polar surface area (TPSA) is 60.0 Å². The summed E-state index contributed by atoms with van der Waals surface area (Å²) in [5, 5.41) is 12.5. The summed E-state index contributed by atoms with van der Waals surface area (Å²) in [7, 11) is 1.65. The monoisotopic (exact) mass is 249 g/mol. The molecule has 0 spiro atoms. The molecule has 0 aliphatic carbocycles. The van der Waals surface area contributed by atoms with Gasteiger partial charge in [-0.05, 0) is 19.9 Å². The summed E-state index contributed by atoms with van der Waals surface area (Å²) in [6.45, 7) is 7.99. The van der Waals surface area contributed by atoms with Gasteiger partial charge in [0.05, 0.1) is 33.0 Å². The van der Waals surface area contributed by atoms with E-state index in [4.69, 9.17) is 14.2 Å². The third-order valence-corrected chi connectivity index (χ3v) is 2.55. The lowest BCUT2D eigenvalue weighted by Gasteiger charge is -2.28. The molecule has 5 heteroatoms. The van der Waals surface area contributed by atoms with E-state index < -0.39 is 0 Å². The summed E-state index contributed by atoms with van der Waals surface area (Å²) in [6, 6.07) is 0. The number of hydrogen-bond acceptors (Lipinski definition) is 5. The highest BCUT2D eigenvalue weighted by atomic mass is 16.5. The maximum absolute atomic E-state index is 9.26. The largest absolute Gasteiger partial charge is 0.394 e. The highest BCUT2D eigenvalue weighted by Crippen LogP contribution is 2.08. The summed E-state index contributed by atoms with van der Waals surface area (Å²) in [5.41, 5.74) is -0.244. The number of rotatable bonds is 12. The van der Waals surface area contributed by atoms with Crippen LogP contribution in [0.3, 0.4) is 0 Å². The van der Waals surface area contributed by atoms with Gasteiger partial charge in [0.15, 0.2) is 0 Å². The zero-order chi connectivity index (χ0) is 13.0. The molecule has 0 saturated heterocycles. The van der Waals surface area contributed by atoms with Gasteiger partial charge in [-0.25, -0.2) is 0 Å². The number of likely N-dealkylation sites (N-methyl/N-ethyl adjacent to an activating group) is 1. The van der Waals surface area contributed by atoms with E-state index in [0.717, 1.165) is 13.0 Å². The Bertz CT molecular complexity index is 169. The fourth-order valence-corrected chi connectivity index (χ4v) is 1.41. The first-order chi connectivity index (χ1) is 8.18. The second-order valence-corrected chi connectivity index (χ2v) is 4.22. The zero-order valence-corrected chi connectivity index (χ0v) is 11.3. The molecule has 0 aliphatic heterocycles. The zero-order valence-electron chi connectivity index (χ0n) is 11.3. The molecule has 0 rings (SSSR count). The Labute approximate surface area is 104 Å². The van der Waals surface area contributed by atoms with Crippen molar-refractivity contribution in [2.24, 2.45) is 0 Å². The van der Waals surface area contributed by atoms with E-state index >= 15 is 0 Å². The Morgan fingerprint density at radius 2 is 1.65 bits per heavy atom. The van der Waals surface area contributed by atoms with E-state index in [2.05, 4.69) is 5.32 Å². The van der Waals surface area contributed by atoms with Gasteiger partial charge in [-0.15, -0.1) is 0 Å². The maximum Gasteiger partial charge on any atom is 0.0701 e. The minimum atomic E-state index is -0.244. The first kappa shape index (κ1) is 16.8. The average molecular weight is 249 g/mol. The molecule has 5 nitrogen and oxygen atoms in total. The maximum atomic E-state index is 9.26. The fourth-order valence-electron chi connectivity index (χ4n) is 1.41. The summed E-state index contributed by atoms with van der Waals surface area (Å²) in [5.74, 6) is 0. The number of aliphatic hydroxyl groups excluding tert-OH is 1. The summed E-state index contributed by atoms with van der Waals surface area (Å²) in [6.07, 6.45) is 0.787. The van der Waals surface area contributed by atoms with Crippen LogP contribution in [0.1, 0.15) is 20.3 Å². The molecule has 0 heterocycles. The Morgan fingerprint density at radius 1 is 1.06 bits per heavy atom. The lowest BCUT2D eigenvalue weighted by Crippen LogP contribution is -2.46. The fraction of sp³-hybridized carbons (Fsp3) is 1.00. The van der Waals surface area contributed by atoms with Crippen molar-refractivity contribution in [3.05, 3.63) is 0 Å². The highest BCUT2D eigenvalue weighted by Gasteiger charge is 2.20. The molecule has 1 unspecified atom stereocenters. The summed E-state index contributed by atoms with van der Waals surface area (Å²) in [4.78, 5) is 0. The third-order valence-electron chi connectivity index (χ3n) is 2.55. The van der Waals surface area contributed by atoms with Gasteiger partial charge in [-0.3, -0.25) is 0 Å². The number of methoxy groups -OCH3 is 1. The van der Waals surface area contributed by atoms with Gasteiger partial charge in [0.1, 0.15) is 0 Å². The van der Waals surface area contributed by atoms with Crippen molar-refractivity contribution in [1.29, 1.82) is 0 Å². The predicted molar refractivity (Wildman–Crippen MR) is 67.3 cm³/mol. The van der Waals surface area contributed by atoms with E-state index in [-0.39, 0.29) is 12.1 Å². The van der Waals surface area contributed by atoms with Gasteiger partial charge < -0.3 is 24.6 Å². The van der Waals surface area contributed by atoms with E-state index in [9.17, 15) is 5.11 Å². The number of hydrogen-bond donors (Lipinski definition) is 2. The molecule has 0 aromatic carbocycles. The Kier molecular flexibility index (Phi) is 10.8. The molecule has 0 radical (unpaired) electrons. The van der Waals surface area contributed by atoms with Gasteiger partial charge in [0.25, 0.3) is 0 Å². The van der Waals surface area contributed by atoms with Gasteiger partial charge in [-0.2, -0.15) is 0 Å². The van der Waals surface area contributed by atoms with Crippen molar-refractivity contribution in [3.8, 4) is 0 Å². The van der Waals surface area contributed by atoms with Gasteiger partial charge >= 0.3 is 0 Å². The Hall–Kier alpha value is -0.200. The molecule has 0 bridgehead atoms. The van der Waals surface area contributed by atoms with Crippen LogP contribution >= 0.6 is 0 Å². The second-order valence-electron chi connectivity index (χ2n) is 4.22. The van der Waals surface area contributed by atoms with Crippen LogP contribution < -0.4 is 5.32 Å². The third kappa shape index (κ3) is 9.50. The number of aliphatic hydroxyl groups is 1. The molecule has 104 valence electrons. The van der Waals surface area contributed by atoms with Gasteiger partial charge in [0.2, 0.25) is 0 Å². The minimum absolute atomic E-state index is 0.120. The van der Waals surface area contributed by atoms with Crippen molar-refractivity contribution in [1.82, 2.24) is 5.32 Å². The highest BCUT2D eigenvalue weighted by molar-refractivity contribution is 4.81. The Balaban J connectivity index is 3.37. The van der Waals surface area contributed by atoms with E-state index in [1.807, 2.05) is 13.8 Å². The lowest BCUT2D eigenvalue weighted by molar-refractivity contribution is 0.0171. The molecule has 1 atom stereocenters. The molecule has 0 aromatic heterocycles. The molecular weight excluding hydrogens is 222 g/mol. The van der Waals surface area contributed by atoms with Gasteiger partial charge in [0, 0.05) is 19.3 Å². The molecule has 0 amide bonds. The van der Waals surface area contributed by atoms with Crippen LogP contribution in [0, 0.1) is 0 Å². The lowest BCUT2D eigenvalue weighted by atomic mass is 10.00. The smallest absolute Gasteiger partial charge is 0.0701 e. The molecular formula is C12H27NO4. The molecule has 0 aliphatic rings. The van der Waals surface area contributed by atoms with Crippen LogP contribution in [0.2, 0.25) is 0 Å². The number of nitrogens with one attached hydrogen (secondary N) is 1. The first-order valence-corrected chi connectivity index (χ1v) is 6.19. The van der Waals surface area contributed by atoms with Crippen LogP contribution in [-0.4, -0.2) is 63.9 Å². The van der Waals surface area contributed by atoms with Crippen LogP contribution in [0.4, 0.5) is 0 Å². The van der Waals surface area contributed by atoms with Crippen LogP contribution in [0.25, 0.3) is 0 Å². The predicted octanol–water partition coefficient (Wildman–Crippen LogP) is 0.417. The van der Waals surface area contributed by atoms with E-state index in [1.54, 1.807) is 7.11 Å². The minimum Gasteiger partial charge on any atom is -0.394 e. The van der Waals surface area contributed by atoms with Crippen molar-refractivity contribution < 1.29 is 19.3 Å². The number of ether oxygens (including phenoxy) is 3. The standard InChI is InChI=1S/C12H27NO4/c1-4-13-12(2,11-14)5-6-16-9-10-17-8-7-15-3/h13-14H,4-11H2,1-3H3. The summed E-state index contributed by atoms with van der Waals surface area (Å²) >= 11 is 0. The van der Waals surface area contributed by atoms with Crippen molar-refractivity contribution in [3.63, 3.8) is 0 Å². The molecule has 0 saturated carbocycles. The average Bonchev–Trinajstić information content (AvgIpc) is 2.33. The van der Waals surface area contributed by atoms with E-state index in [1.165, 1.54) is 0 Å². The molecule has 17 heavy (non-hydrogen) atoms. The van der Waals surface area contributed by atoms with Crippen molar-refractivity contribution in [2.75, 3.05) is 53.3 Å². The molecule has 0 fully saturated rings. The normalized spacial score (nSPS) is 14.8. The van der Waals surface area contributed by atoms with Crippen LogP contribution in [0.5, 0.6) is 0 Å². The second kappa shape index (κ2) is 10.9. The van der Waals surface area contributed by atoms with Crippen molar-refractivity contribution in [2.45, 2.75) is 25.8 Å². The molecule has 2 N–H and O–H groups in total. The Morgan fingerprint density at radius 3 is 2.18 bits per heavy atom. The van der Waals surface area contributed by atoms with Crippen LogP contribution in [-0.2, 0) is 14.2 Å². The van der Waals surface area contributed by atoms with Gasteiger partial charge in [-0.1, -0.05) is 6.92 Å². The quantitative estimate of drug-likeness (QED) is 0.491. The summed E-state index contributed by atoms with van der Waals surface area (Å²) < 4.78 is 15.6. The van der Waals surface area contributed by atoms with Crippen LogP contribution in [0.15, 0.2) is 0 Å². The first-order valence-electron chi connectivity index (χ1n) is 6.19.